The number of rotatable bonds is 9. The predicted octanol–water partition coefficient (Wildman–Crippen LogP) is 3.31. The molecule has 0 aliphatic heterocycles. The van der Waals surface area contributed by atoms with Gasteiger partial charge in [0.1, 0.15) is 0 Å². The number of carboxylic acids is 1. The van der Waals surface area contributed by atoms with Crippen LogP contribution in [0.15, 0.2) is 42.5 Å². The Morgan fingerprint density at radius 1 is 1.04 bits per heavy atom. The van der Waals surface area contributed by atoms with Crippen molar-refractivity contribution in [3.63, 3.8) is 0 Å². The van der Waals surface area contributed by atoms with Crippen LogP contribution in [-0.2, 0) is 4.79 Å². The fraction of sp³-hybridized carbons (Fsp3) is 0.222. The van der Waals surface area contributed by atoms with Crippen molar-refractivity contribution in [2.75, 3.05) is 27.0 Å². The number of ether oxygens (including phenoxy) is 3. The number of carboxylic acid groups (broad SMARTS) is 1. The molecule has 0 saturated heterocycles. The van der Waals surface area contributed by atoms with Crippen molar-refractivity contribution in [2.45, 2.75) is 0 Å². The molecule has 6 nitrogen and oxygen atoms in total. The zero-order valence-corrected chi connectivity index (χ0v) is 15.9. The van der Waals surface area contributed by atoms with Gasteiger partial charge in [-0.25, -0.2) is 4.79 Å². The lowest BCUT2D eigenvalue weighted by molar-refractivity contribution is -0.139. The Labute approximate surface area is 157 Å². The van der Waals surface area contributed by atoms with Crippen molar-refractivity contribution >= 4 is 35.6 Å². The second-order valence-corrected chi connectivity index (χ2v) is 7.92. The highest BCUT2D eigenvalue weighted by Crippen LogP contribution is 2.44. The third kappa shape index (κ3) is 4.87. The van der Waals surface area contributed by atoms with Crippen LogP contribution in [0.5, 0.6) is 17.2 Å². The van der Waals surface area contributed by atoms with E-state index in [9.17, 15) is 9.59 Å². The Bertz CT molecular complexity index is 781. The number of hydrogen-bond donors (Lipinski definition) is 1. The molecule has 1 unspecified atom stereocenters. The molecule has 2 aromatic rings. The van der Waals surface area contributed by atoms with Gasteiger partial charge in [-0.1, -0.05) is 41.6 Å². The van der Waals surface area contributed by atoms with Gasteiger partial charge in [0.25, 0.3) is 0 Å². The van der Waals surface area contributed by atoms with Crippen LogP contribution in [0.3, 0.4) is 0 Å². The van der Waals surface area contributed by atoms with Crippen molar-refractivity contribution < 1.29 is 28.9 Å². The molecule has 26 heavy (non-hydrogen) atoms. The van der Waals surface area contributed by atoms with Crippen LogP contribution < -0.4 is 19.5 Å². The number of ketones is 1. The van der Waals surface area contributed by atoms with Crippen LogP contribution in [0, 0.1) is 0 Å². The average Bonchev–Trinajstić information content (AvgIpc) is 2.65. The first kappa shape index (κ1) is 20.0. The van der Waals surface area contributed by atoms with Gasteiger partial charge in [-0.2, -0.15) is 0 Å². The van der Waals surface area contributed by atoms with Crippen molar-refractivity contribution in [3.8, 4) is 17.2 Å². The van der Waals surface area contributed by atoms with E-state index in [0.29, 0.717) is 5.56 Å². The number of halogens is 1. The van der Waals surface area contributed by atoms with Crippen molar-refractivity contribution in [3.05, 3.63) is 48.0 Å². The molecule has 2 rings (SSSR count). The summed E-state index contributed by atoms with van der Waals surface area (Å²) in [7, 11) is 1.61. The highest BCUT2D eigenvalue weighted by molar-refractivity contribution is 7.90. The summed E-state index contributed by atoms with van der Waals surface area (Å²) < 4.78 is 15.8. The monoisotopic (exact) mass is 396 g/mol. The Morgan fingerprint density at radius 3 is 2.27 bits per heavy atom. The van der Waals surface area contributed by atoms with Gasteiger partial charge in [0.2, 0.25) is 5.75 Å². The van der Waals surface area contributed by atoms with Gasteiger partial charge in [-0.3, -0.25) is 4.79 Å². The number of methoxy groups -OCH3 is 2. The van der Waals surface area contributed by atoms with E-state index >= 15 is 0 Å². The normalized spacial score (nSPS) is 11.5. The first-order chi connectivity index (χ1) is 12.5. The summed E-state index contributed by atoms with van der Waals surface area (Å²) in [5.41, 5.74) is 0.302. The molecule has 0 amide bonds. The lowest BCUT2D eigenvalue weighted by Gasteiger charge is -2.16. The Morgan fingerprint density at radius 2 is 1.69 bits per heavy atom. The Balaban J connectivity index is 2.27. The molecule has 0 fully saturated rings. The SMILES string of the molecule is COc1c(OCC(=O)O)ccc(C(=O)CP(Cl)c2ccccc2)c1OC. The molecule has 0 bridgehead atoms. The summed E-state index contributed by atoms with van der Waals surface area (Å²) >= 11 is 6.42. The van der Waals surface area contributed by atoms with Crippen LogP contribution in [0.2, 0.25) is 0 Å². The average molecular weight is 397 g/mol. The van der Waals surface area contributed by atoms with E-state index in [4.69, 9.17) is 30.6 Å². The first-order valence-electron chi connectivity index (χ1n) is 7.59. The van der Waals surface area contributed by atoms with Crippen LogP contribution in [-0.4, -0.2) is 43.8 Å². The van der Waals surface area contributed by atoms with E-state index in [1.54, 1.807) is 0 Å². The molecule has 8 heteroatoms. The third-order valence-corrected chi connectivity index (χ3v) is 5.82. The van der Waals surface area contributed by atoms with Gasteiger partial charge < -0.3 is 19.3 Å². The number of Topliss-reactive ketones (excluding diaryl/α,β-unsaturated/α-hetero) is 1. The largest absolute Gasteiger partial charge is 0.492 e. The van der Waals surface area contributed by atoms with Crippen molar-refractivity contribution in [2.24, 2.45) is 0 Å². The van der Waals surface area contributed by atoms with E-state index in [0.717, 1.165) is 5.30 Å². The fourth-order valence-corrected chi connectivity index (χ4v) is 4.07. The number of carbonyl (C=O) groups is 2. The van der Waals surface area contributed by atoms with Gasteiger partial charge in [-0.15, -0.1) is 0 Å². The zero-order valence-electron chi connectivity index (χ0n) is 14.3. The van der Waals surface area contributed by atoms with Gasteiger partial charge in [0, 0.05) is 13.4 Å². The van der Waals surface area contributed by atoms with E-state index in [-0.39, 0.29) is 29.2 Å². The predicted molar refractivity (Wildman–Crippen MR) is 101 cm³/mol. The van der Waals surface area contributed by atoms with Crippen LogP contribution in [0.25, 0.3) is 0 Å². The van der Waals surface area contributed by atoms with Gasteiger partial charge >= 0.3 is 5.97 Å². The van der Waals surface area contributed by atoms with Crippen molar-refractivity contribution in [1.29, 1.82) is 0 Å². The van der Waals surface area contributed by atoms with Crippen molar-refractivity contribution in [1.82, 2.24) is 0 Å². The molecular weight excluding hydrogens is 379 g/mol. The molecule has 0 spiro atoms. The van der Waals surface area contributed by atoms with E-state index in [1.807, 2.05) is 30.3 Å². The smallest absolute Gasteiger partial charge is 0.341 e. The topological polar surface area (TPSA) is 82.1 Å². The molecule has 0 heterocycles. The molecule has 0 aliphatic rings. The highest BCUT2D eigenvalue weighted by Gasteiger charge is 2.23. The molecule has 1 N–H and O–H groups in total. The summed E-state index contributed by atoms with van der Waals surface area (Å²) in [6.07, 6.45) is 0.135. The number of carbonyl (C=O) groups excluding carboxylic acids is 1. The third-order valence-electron chi connectivity index (χ3n) is 3.45. The zero-order chi connectivity index (χ0) is 19.1. The molecule has 138 valence electrons. The number of aliphatic carboxylic acids is 1. The lowest BCUT2D eigenvalue weighted by Crippen LogP contribution is -2.12. The summed E-state index contributed by atoms with van der Waals surface area (Å²) in [6.45, 7) is -0.534. The highest BCUT2D eigenvalue weighted by atomic mass is 35.7. The molecule has 0 saturated carbocycles. The maximum absolute atomic E-state index is 12.7. The standard InChI is InChI=1S/C18H18ClO6P/c1-23-17-13(8-9-15(18(17)24-2)25-10-16(21)22)14(20)11-26(19)12-6-4-3-5-7-12/h3-9H,10-11H2,1-2H3,(H,21,22). The van der Waals surface area contributed by atoms with Crippen LogP contribution in [0.1, 0.15) is 10.4 Å². The van der Waals surface area contributed by atoms with E-state index < -0.39 is 19.9 Å². The quantitative estimate of drug-likeness (QED) is 0.517. The molecule has 0 aromatic heterocycles. The van der Waals surface area contributed by atoms with Crippen LogP contribution in [0.4, 0.5) is 0 Å². The summed E-state index contributed by atoms with van der Waals surface area (Å²) in [4.78, 5) is 23.4. The molecule has 2 aromatic carbocycles. The second kappa shape index (κ2) is 9.41. The van der Waals surface area contributed by atoms with Gasteiger partial charge in [0.15, 0.2) is 23.9 Å². The number of hydrogen-bond acceptors (Lipinski definition) is 5. The summed E-state index contributed by atoms with van der Waals surface area (Å²) in [6, 6.07) is 12.4. The minimum atomic E-state index is -1.18. The van der Waals surface area contributed by atoms with Gasteiger partial charge in [0.05, 0.1) is 19.8 Å². The van der Waals surface area contributed by atoms with Gasteiger partial charge in [-0.05, 0) is 17.4 Å². The Kier molecular flexibility index (Phi) is 7.25. The summed E-state index contributed by atoms with van der Waals surface area (Å²) in [5.74, 6) is -0.789. The van der Waals surface area contributed by atoms with E-state index in [2.05, 4.69) is 0 Å². The fourth-order valence-electron chi connectivity index (χ4n) is 2.31. The maximum atomic E-state index is 12.7. The summed E-state index contributed by atoms with van der Waals surface area (Å²) in [5, 5.41) is 9.66. The lowest BCUT2D eigenvalue weighted by atomic mass is 10.1. The molecule has 1 atom stereocenters. The molecular formula is C18H18ClO6P. The number of benzene rings is 2. The first-order valence-corrected chi connectivity index (χ1v) is 10.0. The van der Waals surface area contributed by atoms with E-state index in [1.165, 1.54) is 26.4 Å². The molecule has 0 aliphatic carbocycles. The minimum absolute atomic E-state index is 0.135. The van der Waals surface area contributed by atoms with Crippen LogP contribution >= 0.6 is 18.5 Å². The second-order valence-electron chi connectivity index (χ2n) is 5.14. The maximum Gasteiger partial charge on any atom is 0.341 e. The molecule has 0 radical (unpaired) electrons. The minimum Gasteiger partial charge on any atom is -0.492 e. The Hall–Kier alpha value is -2.30.